The van der Waals surface area contributed by atoms with Crippen LogP contribution in [0.4, 0.5) is 17.2 Å². The van der Waals surface area contributed by atoms with Crippen molar-refractivity contribution in [2.24, 2.45) is 0 Å². The van der Waals surface area contributed by atoms with Gasteiger partial charge in [0.05, 0.1) is 16.7 Å². The molecule has 4 aromatic carbocycles. The quantitative estimate of drug-likeness (QED) is 0.227. The lowest BCUT2D eigenvalue weighted by Gasteiger charge is -2.34. The van der Waals surface area contributed by atoms with Gasteiger partial charge in [0, 0.05) is 39.7 Å². The summed E-state index contributed by atoms with van der Waals surface area (Å²) in [4.78, 5) is 7.05. The Balaban J connectivity index is 1.33. The van der Waals surface area contributed by atoms with E-state index in [2.05, 4.69) is 145 Å². The van der Waals surface area contributed by atoms with Gasteiger partial charge in [-0.15, -0.1) is 0 Å². The molecule has 0 spiro atoms. The zero-order valence-electron chi connectivity index (χ0n) is 23.3. The second-order valence-electron chi connectivity index (χ2n) is 11.7. The molecule has 2 aliphatic rings. The van der Waals surface area contributed by atoms with E-state index in [1.807, 2.05) is 12.3 Å². The molecule has 0 bridgehead atoms. The van der Waals surface area contributed by atoms with Gasteiger partial charge in [-0.1, -0.05) is 92.7 Å². The maximum Gasteiger partial charge on any atom is 0.137 e. The van der Waals surface area contributed by atoms with Crippen LogP contribution >= 0.6 is 0 Å². The number of allylic oxidation sites excluding steroid dienone is 4. The number of rotatable bonds is 4. The van der Waals surface area contributed by atoms with Gasteiger partial charge in [0.25, 0.3) is 0 Å². The highest BCUT2D eigenvalue weighted by atomic mass is 15.2. The Morgan fingerprint density at radius 1 is 0.756 bits per heavy atom. The van der Waals surface area contributed by atoms with Gasteiger partial charge in [-0.05, 0) is 71.6 Å². The summed E-state index contributed by atoms with van der Waals surface area (Å²) in [6.45, 7) is 4.69. The van der Waals surface area contributed by atoms with Crippen molar-refractivity contribution in [2.45, 2.75) is 31.6 Å². The van der Waals surface area contributed by atoms with E-state index in [0.29, 0.717) is 5.92 Å². The number of hydrogen-bond acceptors (Lipinski definition) is 2. The number of para-hydroxylation sites is 2. The van der Waals surface area contributed by atoms with E-state index >= 15 is 0 Å². The van der Waals surface area contributed by atoms with Gasteiger partial charge in [0.15, 0.2) is 0 Å². The van der Waals surface area contributed by atoms with E-state index in [-0.39, 0.29) is 5.41 Å². The summed E-state index contributed by atoms with van der Waals surface area (Å²) < 4.78 is 2.47. The van der Waals surface area contributed by atoms with Crippen molar-refractivity contribution < 1.29 is 0 Å². The van der Waals surface area contributed by atoms with Crippen molar-refractivity contribution in [3.8, 4) is 5.69 Å². The average molecular weight is 530 g/mol. The van der Waals surface area contributed by atoms with E-state index in [1.165, 1.54) is 44.2 Å². The van der Waals surface area contributed by atoms with E-state index in [9.17, 15) is 0 Å². The predicted molar refractivity (Wildman–Crippen MR) is 171 cm³/mol. The number of pyridine rings is 1. The van der Waals surface area contributed by atoms with Gasteiger partial charge in [0.1, 0.15) is 5.82 Å². The lowest BCUT2D eigenvalue weighted by molar-refractivity contribution is 0.630. The Kier molecular flexibility index (Phi) is 5.30. The lowest BCUT2D eigenvalue weighted by atomic mass is 9.75. The second-order valence-corrected chi connectivity index (χ2v) is 11.7. The number of fused-ring (bicyclic) bond motifs is 5. The highest BCUT2D eigenvalue weighted by Gasteiger charge is 2.34. The third kappa shape index (κ3) is 3.62. The summed E-state index contributed by atoms with van der Waals surface area (Å²) in [7, 11) is 0. The summed E-state index contributed by atoms with van der Waals surface area (Å²) in [5.41, 5.74) is 10.0. The first-order valence-corrected chi connectivity index (χ1v) is 14.4. The normalized spacial score (nSPS) is 16.7. The summed E-state index contributed by atoms with van der Waals surface area (Å²) in [6, 6.07) is 37.6. The largest absolute Gasteiger partial charge is 0.309 e. The first kappa shape index (κ1) is 24.0. The number of benzene rings is 4. The predicted octanol–water partition coefficient (Wildman–Crippen LogP) is 9.89. The Morgan fingerprint density at radius 3 is 2.37 bits per heavy atom. The van der Waals surface area contributed by atoms with E-state index < -0.39 is 0 Å². The maximum atomic E-state index is 4.78. The summed E-state index contributed by atoms with van der Waals surface area (Å²) in [6.07, 6.45) is 11.7. The van der Waals surface area contributed by atoms with Crippen LogP contribution in [0.25, 0.3) is 27.5 Å². The van der Waals surface area contributed by atoms with Crippen molar-refractivity contribution in [3.63, 3.8) is 0 Å². The molecule has 3 heteroatoms. The van der Waals surface area contributed by atoms with E-state index in [1.54, 1.807) is 0 Å². The fourth-order valence-corrected chi connectivity index (χ4v) is 6.89. The maximum absolute atomic E-state index is 4.78. The van der Waals surface area contributed by atoms with Crippen LogP contribution in [0.15, 0.2) is 134 Å². The van der Waals surface area contributed by atoms with Crippen molar-refractivity contribution in [3.05, 3.63) is 150 Å². The van der Waals surface area contributed by atoms with Crippen LogP contribution in [0.1, 0.15) is 42.9 Å². The topological polar surface area (TPSA) is 21.1 Å². The van der Waals surface area contributed by atoms with Crippen molar-refractivity contribution in [1.29, 1.82) is 0 Å². The molecule has 3 nitrogen and oxygen atoms in total. The molecular weight excluding hydrogens is 498 g/mol. The van der Waals surface area contributed by atoms with Crippen molar-refractivity contribution in [1.82, 2.24) is 9.55 Å². The third-order valence-corrected chi connectivity index (χ3v) is 8.96. The van der Waals surface area contributed by atoms with Gasteiger partial charge in [0.2, 0.25) is 0 Å². The minimum Gasteiger partial charge on any atom is -0.309 e. The molecule has 8 rings (SSSR count). The molecule has 6 aromatic rings. The minimum atomic E-state index is -0.0750. The van der Waals surface area contributed by atoms with Gasteiger partial charge in [-0.25, -0.2) is 4.98 Å². The Hall–Kier alpha value is -4.89. The number of anilines is 3. The van der Waals surface area contributed by atoms with Crippen LogP contribution in [0, 0.1) is 0 Å². The Bertz CT molecular complexity index is 1990. The first-order chi connectivity index (χ1) is 20.1. The molecule has 0 saturated heterocycles. The van der Waals surface area contributed by atoms with Crippen molar-refractivity contribution in [2.75, 3.05) is 4.90 Å². The average Bonchev–Trinajstić information content (AvgIpc) is 3.36. The fourth-order valence-electron chi connectivity index (χ4n) is 6.89. The molecular formula is C38H31N3. The zero-order chi connectivity index (χ0) is 27.6. The molecule has 1 aliphatic carbocycles. The van der Waals surface area contributed by atoms with Crippen LogP contribution in [0.3, 0.4) is 0 Å². The van der Waals surface area contributed by atoms with Gasteiger partial charge >= 0.3 is 0 Å². The van der Waals surface area contributed by atoms with E-state index in [0.717, 1.165) is 23.6 Å². The van der Waals surface area contributed by atoms with Crippen LogP contribution in [-0.4, -0.2) is 9.55 Å². The molecule has 0 amide bonds. The van der Waals surface area contributed by atoms with E-state index in [4.69, 9.17) is 4.98 Å². The molecule has 3 heterocycles. The lowest BCUT2D eigenvalue weighted by Crippen LogP contribution is -2.26. The monoisotopic (exact) mass is 529 g/mol. The molecule has 1 atom stereocenters. The standard InChI is InChI=1S/C38H31N3/c1-38(2)32-14-6-7-16-35(32)41-34-23-22-29(25-31(34)30-13-10-15-33(38)37(30)41)40(36-17-8-9-24-39-36)28-20-18-27(19-21-28)26-11-4-3-5-12-26/h3-11,13-26H,12H2,1-2H3. The number of hydrogen-bond donors (Lipinski definition) is 0. The van der Waals surface area contributed by atoms with Gasteiger partial charge in [-0.3, -0.25) is 4.90 Å². The van der Waals surface area contributed by atoms with Crippen LogP contribution in [0.5, 0.6) is 0 Å². The minimum absolute atomic E-state index is 0.0750. The Morgan fingerprint density at radius 2 is 1.56 bits per heavy atom. The van der Waals surface area contributed by atoms with Crippen molar-refractivity contribution >= 4 is 39.0 Å². The molecule has 1 aliphatic heterocycles. The molecule has 41 heavy (non-hydrogen) atoms. The Labute approximate surface area is 240 Å². The fraction of sp³-hybridized carbons (Fsp3) is 0.132. The number of aromatic nitrogens is 2. The van der Waals surface area contributed by atoms with Gasteiger partial charge in [-0.2, -0.15) is 0 Å². The summed E-state index contributed by atoms with van der Waals surface area (Å²) in [5, 5.41) is 2.54. The SMILES string of the molecule is CC1(C)c2ccccc2-n2c3ccc(N(c4ccc(C5C=CC=CC5)cc4)c4ccccn4)cc3c3cccc1c32. The molecule has 0 radical (unpaired) electrons. The summed E-state index contributed by atoms with van der Waals surface area (Å²) >= 11 is 0. The molecule has 198 valence electrons. The second kappa shape index (κ2) is 9.07. The summed E-state index contributed by atoms with van der Waals surface area (Å²) in [5.74, 6) is 1.33. The third-order valence-electron chi connectivity index (χ3n) is 8.96. The number of nitrogens with zero attached hydrogens (tertiary/aromatic N) is 3. The van der Waals surface area contributed by atoms with Crippen LogP contribution in [0.2, 0.25) is 0 Å². The molecule has 2 aromatic heterocycles. The van der Waals surface area contributed by atoms with Gasteiger partial charge < -0.3 is 4.57 Å². The molecule has 0 saturated carbocycles. The zero-order valence-corrected chi connectivity index (χ0v) is 23.3. The van der Waals surface area contributed by atoms with Crippen LogP contribution < -0.4 is 4.90 Å². The highest BCUT2D eigenvalue weighted by molar-refractivity contribution is 6.12. The first-order valence-electron chi connectivity index (χ1n) is 14.4. The smallest absolute Gasteiger partial charge is 0.137 e. The molecule has 0 fully saturated rings. The van der Waals surface area contributed by atoms with Crippen LogP contribution in [-0.2, 0) is 5.41 Å². The molecule has 0 N–H and O–H groups in total. The highest BCUT2D eigenvalue weighted by Crippen LogP contribution is 2.48. The molecule has 1 unspecified atom stereocenters.